The Kier molecular flexibility index (Phi) is 3.43. The van der Waals surface area contributed by atoms with Gasteiger partial charge in [-0.05, 0) is 38.5 Å². The molecule has 1 aromatic carbocycles. The zero-order valence-electron chi connectivity index (χ0n) is 10.6. The second-order valence-electron chi connectivity index (χ2n) is 4.68. The predicted molar refractivity (Wildman–Crippen MR) is 69.7 cm³/mol. The summed E-state index contributed by atoms with van der Waals surface area (Å²) < 4.78 is 10.1. The SMILES string of the molecule is Cc1cc2c(cc1SC(C)(C)C(=O)O)OCCO2. The molecule has 98 valence electrons. The van der Waals surface area contributed by atoms with Crippen LogP contribution in [0.3, 0.4) is 0 Å². The number of aryl methyl sites for hydroxylation is 1. The molecule has 0 unspecified atom stereocenters. The molecule has 0 aromatic heterocycles. The third kappa shape index (κ3) is 2.56. The number of thioether (sulfide) groups is 1. The first kappa shape index (κ1) is 13.1. The van der Waals surface area contributed by atoms with E-state index in [1.165, 1.54) is 11.8 Å². The van der Waals surface area contributed by atoms with Gasteiger partial charge in [0.05, 0.1) is 0 Å². The van der Waals surface area contributed by atoms with E-state index in [2.05, 4.69) is 0 Å². The molecule has 1 aromatic rings. The third-order valence-corrected chi connectivity index (χ3v) is 4.06. The number of carbonyl (C=O) groups is 1. The smallest absolute Gasteiger partial charge is 0.319 e. The fraction of sp³-hybridized carbons (Fsp3) is 0.462. The standard InChI is InChI=1S/C13H16O4S/c1-8-6-9-10(17-5-4-16-9)7-11(8)18-13(2,3)12(14)15/h6-7H,4-5H2,1-3H3,(H,14,15). The second kappa shape index (κ2) is 4.72. The van der Waals surface area contributed by atoms with Gasteiger partial charge < -0.3 is 14.6 Å². The summed E-state index contributed by atoms with van der Waals surface area (Å²) in [6, 6.07) is 3.76. The van der Waals surface area contributed by atoms with Crippen LogP contribution in [0.2, 0.25) is 0 Å². The second-order valence-corrected chi connectivity index (χ2v) is 6.34. The Hall–Kier alpha value is -1.36. The molecule has 1 aliphatic heterocycles. The van der Waals surface area contributed by atoms with E-state index >= 15 is 0 Å². The molecule has 0 fully saturated rings. The van der Waals surface area contributed by atoms with Crippen LogP contribution in [0.5, 0.6) is 11.5 Å². The van der Waals surface area contributed by atoms with Crippen molar-refractivity contribution in [1.29, 1.82) is 0 Å². The largest absolute Gasteiger partial charge is 0.486 e. The molecule has 0 bridgehead atoms. The van der Waals surface area contributed by atoms with E-state index < -0.39 is 10.7 Å². The minimum Gasteiger partial charge on any atom is -0.486 e. The van der Waals surface area contributed by atoms with Crippen LogP contribution in [0.15, 0.2) is 17.0 Å². The van der Waals surface area contributed by atoms with Crippen molar-refractivity contribution in [2.24, 2.45) is 0 Å². The zero-order chi connectivity index (χ0) is 13.3. The lowest BCUT2D eigenvalue weighted by atomic mass is 10.2. The molecule has 5 heteroatoms. The molecule has 0 spiro atoms. The van der Waals surface area contributed by atoms with Crippen LogP contribution in [0.4, 0.5) is 0 Å². The van der Waals surface area contributed by atoms with E-state index in [0.29, 0.717) is 19.0 Å². The average molecular weight is 268 g/mol. The zero-order valence-corrected chi connectivity index (χ0v) is 11.5. The van der Waals surface area contributed by atoms with Gasteiger partial charge in [0.2, 0.25) is 0 Å². The molecule has 0 aliphatic carbocycles. The Morgan fingerprint density at radius 2 is 1.83 bits per heavy atom. The van der Waals surface area contributed by atoms with Gasteiger partial charge in [0.1, 0.15) is 18.0 Å². The van der Waals surface area contributed by atoms with Gasteiger partial charge in [0.25, 0.3) is 0 Å². The number of carboxylic acid groups (broad SMARTS) is 1. The first-order valence-electron chi connectivity index (χ1n) is 5.73. The van der Waals surface area contributed by atoms with Crippen LogP contribution < -0.4 is 9.47 Å². The van der Waals surface area contributed by atoms with Gasteiger partial charge in [-0.3, -0.25) is 4.79 Å². The van der Waals surface area contributed by atoms with Crippen molar-refractivity contribution in [2.45, 2.75) is 30.4 Å². The fourth-order valence-electron chi connectivity index (χ4n) is 1.60. The van der Waals surface area contributed by atoms with Crippen molar-refractivity contribution in [3.8, 4) is 11.5 Å². The molecule has 0 saturated heterocycles. The summed E-state index contributed by atoms with van der Waals surface area (Å²) in [6.07, 6.45) is 0. The highest BCUT2D eigenvalue weighted by atomic mass is 32.2. The Morgan fingerprint density at radius 1 is 1.28 bits per heavy atom. The Bertz CT molecular complexity index is 482. The minimum absolute atomic E-state index is 0.530. The lowest BCUT2D eigenvalue weighted by Gasteiger charge is -2.23. The highest BCUT2D eigenvalue weighted by Gasteiger charge is 2.29. The number of hydrogen-bond acceptors (Lipinski definition) is 4. The maximum Gasteiger partial charge on any atom is 0.319 e. The Morgan fingerprint density at radius 3 is 2.39 bits per heavy atom. The number of aliphatic carboxylic acids is 1. The summed E-state index contributed by atoms with van der Waals surface area (Å²) in [5.41, 5.74) is 0.999. The van der Waals surface area contributed by atoms with Gasteiger partial charge in [0.15, 0.2) is 11.5 Å². The molecular weight excluding hydrogens is 252 g/mol. The highest BCUT2D eigenvalue weighted by molar-refractivity contribution is 8.01. The quantitative estimate of drug-likeness (QED) is 0.854. The van der Waals surface area contributed by atoms with Crippen LogP contribution in [0, 0.1) is 6.92 Å². The maximum absolute atomic E-state index is 11.1. The lowest BCUT2D eigenvalue weighted by molar-refractivity contribution is -0.138. The van der Waals surface area contributed by atoms with Crippen molar-refractivity contribution in [2.75, 3.05) is 13.2 Å². The summed E-state index contributed by atoms with van der Waals surface area (Å²) in [7, 11) is 0. The molecule has 2 rings (SSSR count). The van der Waals surface area contributed by atoms with Gasteiger partial charge in [0, 0.05) is 4.90 Å². The molecule has 0 amide bonds. The van der Waals surface area contributed by atoms with Crippen LogP contribution >= 0.6 is 11.8 Å². The van der Waals surface area contributed by atoms with E-state index in [0.717, 1.165) is 16.2 Å². The molecular formula is C13H16O4S. The van der Waals surface area contributed by atoms with Crippen molar-refractivity contribution in [1.82, 2.24) is 0 Å². The molecule has 0 radical (unpaired) electrons. The summed E-state index contributed by atoms with van der Waals surface area (Å²) in [4.78, 5) is 12.1. The summed E-state index contributed by atoms with van der Waals surface area (Å²) in [5.74, 6) is 0.591. The monoisotopic (exact) mass is 268 g/mol. The Balaban J connectivity index is 2.31. The van der Waals surface area contributed by atoms with Crippen molar-refractivity contribution in [3.05, 3.63) is 17.7 Å². The summed E-state index contributed by atoms with van der Waals surface area (Å²) >= 11 is 1.32. The normalized spacial score (nSPS) is 14.4. The topological polar surface area (TPSA) is 55.8 Å². The van der Waals surface area contributed by atoms with Crippen LogP contribution in [0.1, 0.15) is 19.4 Å². The Labute approximate surface area is 110 Å². The van der Waals surface area contributed by atoms with E-state index in [1.807, 2.05) is 19.1 Å². The van der Waals surface area contributed by atoms with Gasteiger partial charge in [-0.1, -0.05) is 0 Å². The van der Waals surface area contributed by atoms with Gasteiger partial charge in [-0.15, -0.1) is 11.8 Å². The number of fused-ring (bicyclic) bond motifs is 1. The number of hydrogen-bond donors (Lipinski definition) is 1. The van der Waals surface area contributed by atoms with Crippen molar-refractivity contribution >= 4 is 17.7 Å². The summed E-state index contributed by atoms with van der Waals surface area (Å²) in [5, 5.41) is 9.16. The molecule has 1 N–H and O–H groups in total. The predicted octanol–water partition coefficient (Wildman–Crippen LogP) is 2.72. The molecule has 18 heavy (non-hydrogen) atoms. The number of rotatable bonds is 3. The van der Waals surface area contributed by atoms with Gasteiger partial charge in [-0.2, -0.15) is 0 Å². The first-order valence-corrected chi connectivity index (χ1v) is 6.54. The fourth-order valence-corrected chi connectivity index (χ4v) is 2.62. The molecule has 0 atom stereocenters. The molecule has 1 heterocycles. The van der Waals surface area contributed by atoms with Crippen molar-refractivity contribution in [3.63, 3.8) is 0 Å². The number of ether oxygens (including phenoxy) is 2. The first-order chi connectivity index (χ1) is 8.40. The van der Waals surface area contributed by atoms with Crippen LogP contribution in [0.25, 0.3) is 0 Å². The van der Waals surface area contributed by atoms with E-state index in [1.54, 1.807) is 13.8 Å². The van der Waals surface area contributed by atoms with Crippen LogP contribution in [-0.4, -0.2) is 29.0 Å². The average Bonchev–Trinajstić information content (AvgIpc) is 2.29. The number of carboxylic acids is 1. The maximum atomic E-state index is 11.1. The van der Waals surface area contributed by atoms with E-state index in [-0.39, 0.29) is 0 Å². The van der Waals surface area contributed by atoms with E-state index in [9.17, 15) is 4.79 Å². The number of benzene rings is 1. The minimum atomic E-state index is -0.867. The van der Waals surface area contributed by atoms with Gasteiger partial charge >= 0.3 is 5.97 Å². The molecule has 0 saturated carbocycles. The summed E-state index contributed by atoms with van der Waals surface area (Å²) in [6.45, 7) is 6.41. The molecule has 4 nitrogen and oxygen atoms in total. The highest BCUT2D eigenvalue weighted by Crippen LogP contribution is 2.41. The van der Waals surface area contributed by atoms with Crippen LogP contribution in [-0.2, 0) is 4.79 Å². The molecule has 1 aliphatic rings. The third-order valence-electron chi connectivity index (χ3n) is 2.72. The van der Waals surface area contributed by atoms with Crippen molar-refractivity contribution < 1.29 is 19.4 Å². The lowest BCUT2D eigenvalue weighted by Crippen LogP contribution is -2.27. The van der Waals surface area contributed by atoms with E-state index in [4.69, 9.17) is 14.6 Å². The van der Waals surface area contributed by atoms with Gasteiger partial charge in [-0.25, -0.2) is 0 Å².